The molecule has 0 aliphatic carbocycles. The van der Waals surface area contributed by atoms with Gasteiger partial charge in [0.05, 0.1) is 17.7 Å². The quantitative estimate of drug-likeness (QED) is 0.441. The van der Waals surface area contributed by atoms with Crippen LogP contribution in [0.5, 0.6) is 5.75 Å². The van der Waals surface area contributed by atoms with Gasteiger partial charge in [0.2, 0.25) is 0 Å². The summed E-state index contributed by atoms with van der Waals surface area (Å²) in [7, 11) is 4.14. The van der Waals surface area contributed by atoms with Gasteiger partial charge in [-0.2, -0.15) is 13.2 Å². The highest BCUT2D eigenvalue weighted by molar-refractivity contribution is 5.95. The molecule has 6 nitrogen and oxygen atoms in total. The molecule has 1 aromatic heterocycles. The molecule has 1 N–H and O–H groups in total. The molecule has 0 radical (unpaired) electrons. The average molecular weight is 507 g/mol. The number of hydrogen-bond acceptors (Lipinski definition) is 5. The molecule has 1 fully saturated rings. The van der Waals surface area contributed by atoms with Gasteiger partial charge in [-0.05, 0) is 83.1 Å². The maximum atomic E-state index is 13.2. The van der Waals surface area contributed by atoms with Gasteiger partial charge >= 0.3 is 6.18 Å². The van der Waals surface area contributed by atoms with Crippen LogP contribution in [0.4, 0.5) is 13.2 Å². The number of carbonyl (C=O) groups excluding carboxylic acids is 1. The van der Waals surface area contributed by atoms with Gasteiger partial charge in [-0.1, -0.05) is 6.07 Å². The number of aromatic nitrogens is 1. The van der Waals surface area contributed by atoms with Crippen molar-refractivity contribution in [3.05, 3.63) is 58.4 Å². The number of unbranched alkanes of at least 4 members (excludes halogenated alkanes) is 1. The van der Waals surface area contributed by atoms with Gasteiger partial charge < -0.3 is 15.0 Å². The predicted octanol–water partition coefficient (Wildman–Crippen LogP) is 4.86. The molecule has 1 aliphatic heterocycles. The molecule has 198 valence electrons. The summed E-state index contributed by atoms with van der Waals surface area (Å²) in [4.78, 5) is 20.5. The van der Waals surface area contributed by atoms with Gasteiger partial charge in [-0.15, -0.1) is 0 Å². The van der Waals surface area contributed by atoms with Crippen molar-refractivity contribution in [2.45, 2.75) is 45.8 Å². The van der Waals surface area contributed by atoms with E-state index in [2.05, 4.69) is 61.0 Å². The minimum atomic E-state index is -4.60. The van der Waals surface area contributed by atoms with Crippen LogP contribution in [0.3, 0.4) is 0 Å². The zero-order valence-electron chi connectivity index (χ0n) is 21.8. The van der Waals surface area contributed by atoms with E-state index in [-0.39, 0.29) is 12.0 Å². The number of rotatable bonds is 11. The van der Waals surface area contributed by atoms with Crippen LogP contribution in [0.25, 0.3) is 0 Å². The molecule has 0 spiro atoms. The molecule has 2 aromatic rings. The highest BCUT2D eigenvalue weighted by atomic mass is 19.4. The fourth-order valence-corrected chi connectivity index (χ4v) is 4.54. The van der Waals surface area contributed by atoms with E-state index in [1.807, 2.05) is 6.07 Å². The van der Waals surface area contributed by atoms with E-state index in [0.717, 1.165) is 62.2 Å². The minimum absolute atomic E-state index is 0.189. The van der Waals surface area contributed by atoms with Crippen LogP contribution in [-0.2, 0) is 6.18 Å². The Morgan fingerprint density at radius 3 is 2.58 bits per heavy atom. The summed E-state index contributed by atoms with van der Waals surface area (Å²) < 4.78 is 45.5. The third-order valence-electron chi connectivity index (χ3n) is 6.94. The Labute approximate surface area is 211 Å². The van der Waals surface area contributed by atoms with Crippen LogP contribution < -0.4 is 10.1 Å². The molecule has 36 heavy (non-hydrogen) atoms. The standard InChI is InChI=1S/C27H37F3N4O2/c1-18-19(2)25(36-13-7-6-12-33(4)5)9-8-22(18)20(3)34-16-21(17-34)14-32-26(35)23-15-31-11-10-24(23)27(28,29)30/h8-11,15,20-21H,6-7,12-14,16-17H2,1-5H3,(H,32,35). The molecule has 3 rings (SSSR count). The molecule has 1 aromatic carbocycles. The highest BCUT2D eigenvalue weighted by Crippen LogP contribution is 2.34. The van der Waals surface area contributed by atoms with Gasteiger partial charge in [-0.25, -0.2) is 0 Å². The van der Waals surface area contributed by atoms with Crippen LogP contribution in [0, 0.1) is 19.8 Å². The van der Waals surface area contributed by atoms with Gasteiger partial charge in [0.25, 0.3) is 5.91 Å². The van der Waals surface area contributed by atoms with Crippen molar-refractivity contribution >= 4 is 5.91 Å². The third kappa shape index (κ3) is 6.97. The molecular weight excluding hydrogens is 469 g/mol. The molecular formula is C27H37F3N4O2. The summed E-state index contributed by atoms with van der Waals surface area (Å²) in [5.74, 6) is 0.366. The topological polar surface area (TPSA) is 57.7 Å². The van der Waals surface area contributed by atoms with Gasteiger partial charge in [0, 0.05) is 44.0 Å². The van der Waals surface area contributed by atoms with E-state index in [9.17, 15) is 18.0 Å². The van der Waals surface area contributed by atoms with E-state index in [1.54, 1.807) is 0 Å². The molecule has 1 atom stereocenters. The van der Waals surface area contributed by atoms with Crippen molar-refractivity contribution in [1.82, 2.24) is 20.1 Å². The Kier molecular flexibility index (Phi) is 9.35. The zero-order valence-corrected chi connectivity index (χ0v) is 21.8. The summed E-state index contributed by atoms with van der Waals surface area (Å²) in [5, 5.41) is 2.65. The van der Waals surface area contributed by atoms with Crippen LogP contribution in [-0.4, -0.2) is 67.6 Å². The molecule has 1 aliphatic rings. The summed E-state index contributed by atoms with van der Waals surface area (Å²) in [6.07, 6.45) is -0.475. The number of ether oxygens (including phenoxy) is 1. The summed E-state index contributed by atoms with van der Waals surface area (Å²) in [6, 6.07) is 5.19. The Morgan fingerprint density at radius 1 is 1.19 bits per heavy atom. The first-order chi connectivity index (χ1) is 17.0. The molecule has 0 saturated carbocycles. The van der Waals surface area contributed by atoms with Crippen molar-refractivity contribution in [1.29, 1.82) is 0 Å². The number of likely N-dealkylation sites (tertiary alicyclic amines) is 1. The van der Waals surface area contributed by atoms with E-state index < -0.39 is 23.2 Å². The lowest BCUT2D eigenvalue weighted by atomic mass is 9.91. The zero-order chi connectivity index (χ0) is 26.5. The van der Waals surface area contributed by atoms with Crippen LogP contribution in [0.2, 0.25) is 0 Å². The molecule has 0 bridgehead atoms. The van der Waals surface area contributed by atoms with E-state index in [4.69, 9.17) is 4.74 Å². The summed E-state index contributed by atoms with van der Waals surface area (Å²) in [6.45, 7) is 9.97. The lowest BCUT2D eigenvalue weighted by Crippen LogP contribution is -2.52. The molecule has 1 saturated heterocycles. The first kappa shape index (κ1) is 27.9. The molecule has 2 heterocycles. The Morgan fingerprint density at radius 2 is 1.92 bits per heavy atom. The lowest BCUT2D eigenvalue weighted by Gasteiger charge is -2.44. The van der Waals surface area contributed by atoms with E-state index in [0.29, 0.717) is 13.2 Å². The normalized spacial score (nSPS) is 15.6. The second-order valence-corrected chi connectivity index (χ2v) is 9.89. The van der Waals surface area contributed by atoms with Crippen LogP contribution >= 0.6 is 0 Å². The average Bonchev–Trinajstić information content (AvgIpc) is 2.79. The first-order valence-corrected chi connectivity index (χ1v) is 12.4. The number of nitrogens with zero attached hydrogens (tertiary/aromatic N) is 3. The van der Waals surface area contributed by atoms with Crippen molar-refractivity contribution in [3.8, 4) is 5.75 Å². The Balaban J connectivity index is 1.49. The second-order valence-electron chi connectivity index (χ2n) is 9.89. The minimum Gasteiger partial charge on any atom is -0.493 e. The second kappa shape index (κ2) is 12.1. The highest BCUT2D eigenvalue weighted by Gasteiger charge is 2.36. The summed E-state index contributed by atoms with van der Waals surface area (Å²) >= 11 is 0. The largest absolute Gasteiger partial charge is 0.493 e. The lowest BCUT2D eigenvalue weighted by molar-refractivity contribution is -0.138. The SMILES string of the molecule is Cc1c(OCCCCN(C)C)ccc(C(C)N2CC(CNC(=O)c3cnccc3C(F)(F)F)C2)c1C. The van der Waals surface area contributed by atoms with Gasteiger partial charge in [-0.3, -0.25) is 14.7 Å². The number of amides is 1. The smallest absolute Gasteiger partial charge is 0.417 e. The van der Waals surface area contributed by atoms with E-state index in [1.165, 1.54) is 11.1 Å². The predicted molar refractivity (Wildman–Crippen MR) is 134 cm³/mol. The van der Waals surface area contributed by atoms with Crippen molar-refractivity contribution in [3.63, 3.8) is 0 Å². The molecule has 1 amide bonds. The molecule has 9 heteroatoms. The number of carbonyl (C=O) groups is 1. The number of benzene rings is 1. The Hall–Kier alpha value is -2.65. The third-order valence-corrected chi connectivity index (χ3v) is 6.94. The Bertz CT molecular complexity index is 1040. The number of pyridine rings is 1. The fraction of sp³-hybridized carbons (Fsp3) is 0.556. The summed E-state index contributed by atoms with van der Waals surface area (Å²) in [5.41, 5.74) is 2.18. The maximum Gasteiger partial charge on any atom is 0.417 e. The van der Waals surface area contributed by atoms with Crippen molar-refractivity contribution in [2.24, 2.45) is 5.92 Å². The van der Waals surface area contributed by atoms with Gasteiger partial charge in [0.15, 0.2) is 0 Å². The van der Waals surface area contributed by atoms with Crippen LogP contribution in [0.15, 0.2) is 30.6 Å². The van der Waals surface area contributed by atoms with Crippen molar-refractivity contribution in [2.75, 3.05) is 46.9 Å². The number of halogens is 3. The monoisotopic (exact) mass is 506 g/mol. The number of nitrogens with one attached hydrogen (secondary N) is 1. The van der Waals surface area contributed by atoms with Crippen LogP contribution in [0.1, 0.15) is 58.4 Å². The van der Waals surface area contributed by atoms with E-state index >= 15 is 0 Å². The van der Waals surface area contributed by atoms with Crippen molar-refractivity contribution < 1.29 is 22.7 Å². The first-order valence-electron chi connectivity index (χ1n) is 12.4. The fourth-order valence-electron chi connectivity index (χ4n) is 4.54. The number of alkyl halides is 3. The van der Waals surface area contributed by atoms with Gasteiger partial charge in [0.1, 0.15) is 5.75 Å². The molecule has 1 unspecified atom stereocenters. The maximum absolute atomic E-state index is 13.2. The number of hydrogen-bond donors (Lipinski definition) is 1.